The summed E-state index contributed by atoms with van der Waals surface area (Å²) in [7, 11) is -5.96. The summed E-state index contributed by atoms with van der Waals surface area (Å²) >= 11 is 0. The van der Waals surface area contributed by atoms with Gasteiger partial charge in [0.25, 0.3) is 10.0 Å². The largest absolute Gasteiger partial charge is 0.495 e. The number of hydrogen-bond acceptors (Lipinski definition) is 7. The molecule has 0 unspecified atom stereocenters. The fraction of sp³-hybridized carbons (Fsp3) is 0.0952. The molecule has 0 spiro atoms. The number of sulfonamides is 1. The summed E-state index contributed by atoms with van der Waals surface area (Å²) < 4.78 is 64.6. The second-order valence-electron chi connectivity index (χ2n) is 6.28. The van der Waals surface area contributed by atoms with Gasteiger partial charge in [0.2, 0.25) is 9.84 Å². The van der Waals surface area contributed by atoms with E-state index in [9.17, 15) is 21.6 Å². The average Bonchev–Trinajstić information content (AvgIpc) is 2.78. The summed E-state index contributed by atoms with van der Waals surface area (Å²) in [5.74, 6) is -0.533. The number of methoxy groups -OCH3 is 2. The standard InChI is InChI=1S/C21H19NO7S2/c1-28-18-13-12-15(21(23)29-2)14-17(18)22-31(26,27)20-11-7-6-10-19(20)30(24,25)16-8-4-3-5-9-16/h3-14,22H,1-2H3. The number of carbonyl (C=O) groups excluding carboxylic acids is 1. The van der Waals surface area contributed by atoms with Crippen molar-refractivity contribution in [3.63, 3.8) is 0 Å². The van der Waals surface area contributed by atoms with Gasteiger partial charge in [0.05, 0.1) is 35.3 Å². The lowest BCUT2D eigenvalue weighted by Crippen LogP contribution is -2.18. The highest BCUT2D eigenvalue weighted by atomic mass is 32.2. The van der Waals surface area contributed by atoms with Crippen molar-refractivity contribution in [3.8, 4) is 5.75 Å². The first-order chi connectivity index (χ1) is 14.7. The fourth-order valence-electron chi connectivity index (χ4n) is 2.85. The number of rotatable bonds is 7. The minimum absolute atomic E-state index is 0.0390. The normalized spacial score (nSPS) is 11.5. The fourth-order valence-corrected chi connectivity index (χ4v) is 6.02. The Labute approximate surface area is 180 Å². The van der Waals surface area contributed by atoms with E-state index in [-0.39, 0.29) is 26.8 Å². The van der Waals surface area contributed by atoms with Crippen LogP contribution in [0.1, 0.15) is 10.4 Å². The van der Waals surface area contributed by atoms with E-state index in [0.29, 0.717) is 0 Å². The zero-order valence-electron chi connectivity index (χ0n) is 16.6. The number of esters is 1. The Balaban J connectivity index is 2.10. The van der Waals surface area contributed by atoms with E-state index in [2.05, 4.69) is 9.46 Å². The lowest BCUT2D eigenvalue weighted by atomic mass is 10.2. The van der Waals surface area contributed by atoms with Crippen LogP contribution in [0.4, 0.5) is 5.69 Å². The number of hydrogen-bond donors (Lipinski definition) is 1. The first kappa shape index (κ1) is 22.3. The van der Waals surface area contributed by atoms with Gasteiger partial charge in [0.1, 0.15) is 10.6 Å². The van der Waals surface area contributed by atoms with Crippen molar-refractivity contribution < 1.29 is 31.1 Å². The molecule has 162 valence electrons. The van der Waals surface area contributed by atoms with E-state index in [1.165, 1.54) is 68.8 Å². The molecule has 31 heavy (non-hydrogen) atoms. The molecule has 3 rings (SSSR count). The van der Waals surface area contributed by atoms with Crippen molar-refractivity contribution in [2.75, 3.05) is 18.9 Å². The van der Waals surface area contributed by atoms with Crippen LogP contribution >= 0.6 is 0 Å². The molecular formula is C21H19NO7S2. The number of carbonyl (C=O) groups is 1. The Kier molecular flexibility index (Phi) is 6.32. The molecule has 0 saturated carbocycles. The van der Waals surface area contributed by atoms with Crippen LogP contribution in [-0.4, -0.2) is 37.0 Å². The van der Waals surface area contributed by atoms with Gasteiger partial charge in [-0.2, -0.15) is 0 Å². The highest BCUT2D eigenvalue weighted by molar-refractivity contribution is 7.95. The van der Waals surface area contributed by atoms with Gasteiger partial charge in [0.15, 0.2) is 0 Å². The smallest absolute Gasteiger partial charge is 0.337 e. The summed E-state index contributed by atoms with van der Waals surface area (Å²) in [6.07, 6.45) is 0. The molecule has 0 amide bonds. The molecule has 0 aromatic heterocycles. The predicted octanol–water partition coefficient (Wildman–Crippen LogP) is 3.12. The highest BCUT2D eigenvalue weighted by Gasteiger charge is 2.28. The molecule has 0 fully saturated rings. The average molecular weight is 462 g/mol. The summed E-state index contributed by atoms with van der Waals surface area (Å²) in [5.41, 5.74) is 0.0449. The SMILES string of the molecule is COC(=O)c1ccc(OC)c(NS(=O)(=O)c2ccccc2S(=O)(=O)c2ccccc2)c1. The van der Waals surface area contributed by atoms with Crippen LogP contribution in [0.5, 0.6) is 5.75 Å². The topological polar surface area (TPSA) is 116 Å². The molecule has 0 aliphatic rings. The minimum atomic E-state index is -4.38. The minimum Gasteiger partial charge on any atom is -0.495 e. The molecule has 10 heteroatoms. The summed E-state index contributed by atoms with van der Waals surface area (Å²) in [6.45, 7) is 0. The number of ether oxygens (including phenoxy) is 2. The van der Waals surface area contributed by atoms with Gasteiger partial charge in [-0.05, 0) is 42.5 Å². The van der Waals surface area contributed by atoms with Gasteiger partial charge >= 0.3 is 5.97 Å². The van der Waals surface area contributed by atoms with E-state index >= 15 is 0 Å². The first-order valence-corrected chi connectivity index (χ1v) is 11.9. The number of anilines is 1. The summed E-state index contributed by atoms with van der Waals surface area (Å²) in [4.78, 5) is 11.0. The zero-order valence-corrected chi connectivity index (χ0v) is 18.2. The van der Waals surface area contributed by atoms with Crippen LogP contribution in [0.2, 0.25) is 0 Å². The van der Waals surface area contributed by atoms with Crippen LogP contribution < -0.4 is 9.46 Å². The number of sulfone groups is 1. The van der Waals surface area contributed by atoms with Crippen molar-refractivity contribution in [2.24, 2.45) is 0 Å². The van der Waals surface area contributed by atoms with Crippen molar-refractivity contribution in [2.45, 2.75) is 14.7 Å². The summed E-state index contributed by atoms with van der Waals surface area (Å²) in [6, 6.07) is 16.8. The van der Waals surface area contributed by atoms with Gasteiger partial charge in [0, 0.05) is 0 Å². The van der Waals surface area contributed by atoms with Gasteiger partial charge < -0.3 is 9.47 Å². The Morgan fingerprint density at radius 1 is 0.806 bits per heavy atom. The maximum absolute atomic E-state index is 13.2. The van der Waals surface area contributed by atoms with Crippen LogP contribution in [-0.2, 0) is 24.6 Å². The first-order valence-electron chi connectivity index (χ1n) is 8.89. The molecule has 1 N–H and O–H groups in total. The van der Waals surface area contributed by atoms with Crippen LogP contribution in [0, 0.1) is 0 Å². The number of benzene rings is 3. The third-order valence-corrected chi connectivity index (χ3v) is 7.73. The van der Waals surface area contributed by atoms with Crippen LogP contribution in [0.3, 0.4) is 0 Å². The predicted molar refractivity (Wildman–Crippen MR) is 113 cm³/mol. The maximum Gasteiger partial charge on any atom is 0.337 e. The van der Waals surface area contributed by atoms with E-state index in [0.717, 1.165) is 0 Å². The highest BCUT2D eigenvalue weighted by Crippen LogP contribution is 2.32. The van der Waals surface area contributed by atoms with Crippen molar-refractivity contribution >= 4 is 31.5 Å². The lowest BCUT2D eigenvalue weighted by molar-refractivity contribution is 0.0600. The lowest BCUT2D eigenvalue weighted by Gasteiger charge is -2.15. The monoisotopic (exact) mass is 461 g/mol. The third-order valence-electron chi connectivity index (χ3n) is 4.35. The Hall–Kier alpha value is -3.37. The molecular weight excluding hydrogens is 442 g/mol. The quantitative estimate of drug-likeness (QED) is 0.538. The van der Waals surface area contributed by atoms with E-state index in [4.69, 9.17) is 4.74 Å². The Morgan fingerprint density at radius 2 is 1.42 bits per heavy atom. The molecule has 8 nitrogen and oxygen atoms in total. The second-order valence-corrected chi connectivity index (χ2v) is 9.84. The molecule has 0 aliphatic carbocycles. The van der Waals surface area contributed by atoms with Gasteiger partial charge in [-0.25, -0.2) is 21.6 Å². The zero-order chi connectivity index (χ0) is 22.6. The van der Waals surface area contributed by atoms with E-state index in [1.807, 2.05) is 0 Å². The third kappa shape index (κ3) is 4.54. The number of nitrogens with one attached hydrogen (secondary N) is 1. The van der Waals surface area contributed by atoms with Gasteiger partial charge in [-0.15, -0.1) is 0 Å². The van der Waals surface area contributed by atoms with Gasteiger partial charge in [-0.1, -0.05) is 30.3 Å². The van der Waals surface area contributed by atoms with Crippen molar-refractivity contribution in [1.29, 1.82) is 0 Å². The van der Waals surface area contributed by atoms with Crippen molar-refractivity contribution in [1.82, 2.24) is 0 Å². The molecule has 0 heterocycles. The molecule has 0 aliphatic heterocycles. The maximum atomic E-state index is 13.2. The second kappa shape index (κ2) is 8.78. The van der Waals surface area contributed by atoms with Gasteiger partial charge in [-0.3, -0.25) is 4.72 Å². The molecule has 3 aromatic rings. The molecule has 0 atom stereocenters. The molecule has 0 radical (unpaired) electrons. The van der Waals surface area contributed by atoms with Crippen LogP contribution in [0.25, 0.3) is 0 Å². The van der Waals surface area contributed by atoms with E-state index in [1.54, 1.807) is 18.2 Å². The van der Waals surface area contributed by atoms with Crippen LogP contribution in [0.15, 0.2) is 87.5 Å². The molecule has 0 bridgehead atoms. The molecule has 3 aromatic carbocycles. The summed E-state index contributed by atoms with van der Waals surface area (Å²) in [5, 5.41) is 0. The van der Waals surface area contributed by atoms with Crippen molar-refractivity contribution in [3.05, 3.63) is 78.4 Å². The molecule has 0 saturated heterocycles. The van der Waals surface area contributed by atoms with E-state index < -0.39 is 30.7 Å². The Bertz CT molecular complexity index is 1320. The Morgan fingerprint density at radius 3 is 2.03 bits per heavy atom.